The standard InChI is InChI=1S/C9H13NO/c1-7(11)9(10)8-5-3-2-4-6-8/h2-7,9,11H,10H2,1H3/t7?,9-/m0/s1. The van der Waals surface area contributed by atoms with E-state index in [9.17, 15) is 0 Å². The van der Waals surface area contributed by atoms with Crippen LogP contribution in [-0.2, 0) is 0 Å². The van der Waals surface area contributed by atoms with Gasteiger partial charge in [-0.1, -0.05) is 30.3 Å². The van der Waals surface area contributed by atoms with Gasteiger partial charge in [-0.2, -0.15) is 0 Å². The molecule has 11 heavy (non-hydrogen) atoms. The molecule has 0 saturated carbocycles. The summed E-state index contributed by atoms with van der Waals surface area (Å²) in [5, 5.41) is 9.15. The number of nitrogens with two attached hydrogens (primary N) is 1. The Balaban J connectivity index is 2.77. The van der Waals surface area contributed by atoms with E-state index in [4.69, 9.17) is 10.8 Å². The highest BCUT2D eigenvalue weighted by Crippen LogP contribution is 2.12. The second-order valence-electron chi connectivity index (χ2n) is 2.68. The van der Waals surface area contributed by atoms with E-state index in [1.807, 2.05) is 30.3 Å². The molecule has 1 aromatic carbocycles. The smallest absolute Gasteiger partial charge is 0.0704 e. The largest absolute Gasteiger partial charge is 0.391 e. The van der Waals surface area contributed by atoms with E-state index in [0.717, 1.165) is 5.56 Å². The van der Waals surface area contributed by atoms with Crippen molar-refractivity contribution in [1.29, 1.82) is 0 Å². The maximum atomic E-state index is 9.15. The van der Waals surface area contributed by atoms with E-state index in [0.29, 0.717) is 0 Å². The molecule has 0 saturated heterocycles. The zero-order chi connectivity index (χ0) is 8.27. The van der Waals surface area contributed by atoms with Gasteiger partial charge in [-0.3, -0.25) is 0 Å². The number of aliphatic hydroxyl groups is 1. The highest BCUT2D eigenvalue weighted by Gasteiger charge is 2.09. The highest BCUT2D eigenvalue weighted by molar-refractivity contribution is 5.19. The van der Waals surface area contributed by atoms with Crippen molar-refractivity contribution < 1.29 is 5.11 Å². The van der Waals surface area contributed by atoms with Crippen molar-refractivity contribution in [3.8, 4) is 0 Å². The topological polar surface area (TPSA) is 46.2 Å². The van der Waals surface area contributed by atoms with Crippen LogP contribution in [0, 0.1) is 0 Å². The predicted molar refractivity (Wildman–Crippen MR) is 45.1 cm³/mol. The second kappa shape index (κ2) is 3.51. The molecule has 0 heterocycles. The first-order valence-electron chi connectivity index (χ1n) is 3.70. The molecule has 0 fully saturated rings. The van der Waals surface area contributed by atoms with E-state index in [-0.39, 0.29) is 6.04 Å². The molecule has 60 valence electrons. The van der Waals surface area contributed by atoms with Crippen LogP contribution in [0.3, 0.4) is 0 Å². The number of aliphatic hydroxyl groups excluding tert-OH is 1. The molecule has 3 N–H and O–H groups in total. The Bertz CT molecular complexity index is 208. The Morgan fingerprint density at radius 1 is 1.27 bits per heavy atom. The van der Waals surface area contributed by atoms with Crippen LogP contribution in [0.25, 0.3) is 0 Å². The maximum absolute atomic E-state index is 9.15. The summed E-state index contributed by atoms with van der Waals surface area (Å²) in [5.74, 6) is 0. The van der Waals surface area contributed by atoms with Crippen LogP contribution in [0.2, 0.25) is 0 Å². The molecule has 2 heteroatoms. The Morgan fingerprint density at radius 3 is 2.27 bits per heavy atom. The fraction of sp³-hybridized carbons (Fsp3) is 0.333. The highest BCUT2D eigenvalue weighted by atomic mass is 16.3. The van der Waals surface area contributed by atoms with Crippen molar-refractivity contribution in [1.82, 2.24) is 0 Å². The van der Waals surface area contributed by atoms with E-state index < -0.39 is 6.10 Å². The molecule has 1 rings (SSSR count). The van der Waals surface area contributed by atoms with Crippen LogP contribution >= 0.6 is 0 Å². The van der Waals surface area contributed by atoms with Crippen molar-refractivity contribution >= 4 is 0 Å². The molecule has 0 aliphatic heterocycles. The molecule has 0 spiro atoms. The number of benzene rings is 1. The summed E-state index contributed by atoms with van der Waals surface area (Å²) in [6.45, 7) is 1.69. The van der Waals surface area contributed by atoms with Crippen molar-refractivity contribution in [3.63, 3.8) is 0 Å². The normalized spacial score (nSPS) is 15.9. The van der Waals surface area contributed by atoms with Gasteiger partial charge < -0.3 is 10.8 Å². The van der Waals surface area contributed by atoms with Gasteiger partial charge in [-0.25, -0.2) is 0 Å². The van der Waals surface area contributed by atoms with Gasteiger partial charge in [0.15, 0.2) is 0 Å². The van der Waals surface area contributed by atoms with E-state index in [1.54, 1.807) is 6.92 Å². The van der Waals surface area contributed by atoms with Gasteiger partial charge in [0.05, 0.1) is 12.1 Å². The number of hydrogen-bond donors (Lipinski definition) is 2. The third-order valence-electron chi connectivity index (χ3n) is 1.70. The SMILES string of the molecule is CC(O)[C@H](N)c1ccccc1. The lowest BCUT2D eigenvalue weighted by molar-refractivity contribution is 0.164. The minimum absolute atomic E-state index is 0.267. The Hall–Kier alpha value is -0.860. The Labute approximate surface area is 66.7 Å². The van der Waals surface area contributed by atoms with Crippen LogP contribution in [0.15, 0.2) is 30.3 Å². The third-order valence-corrected chi connectivity index (χ3v) is 1.70. The number of hydrogen-bond acceptors (Lipinski definition) is 2. The average Bonchev–Trinajstić information content (AvgIpc) is 2.05. The summed E-state index contributed by atoms with van der Waals surface area (Å²) in [4.78, 5) is 0. The first kappa shape index (κ1) is 8.24. The van der Waals surface area contributed by atoms with Gasteiger partial charge in [0, 0.05) is 0 Å². The van der Waals surface area contributed by atoms with Gasteiger partial charge in [-0.05, 0) is 12.5 Å². The molecule has 0 amide bonds. The Kier molecular flexibility index (Phi) is 2.63. The summed E-state index contributed by atoms with van der Waals surface area (Å²) in [6.07, 6.45) is -0.489. The van der Waals surface area contributed by atoms with Gasteiger partial charge in [-0.15, -0.1) is 0 Å². The second-order valence-corrected chi connectivity index (χ2v) is 2.68. The minimum Gasteiger partial charge on any atom is -0.391 e. The molecule has 0 aliphatic carbocycles. The summed E-state index contributed by atoms with van der Waals surface area (Å²) >= 11 is 0. The minimum atomic E-state index is -0.489. The molecular formula is C9H13NO. The van der Waals surface area contributed by atoms with Gasteiger partial charge in [0.2, 0.25) is 0 Å². The lowest BCUT2D eigenvalue weighted by Crippen LogP contribution is -2.22. The lowest BCUT2D eigenvalue weighted by atomic mass is 10.0. The zero-order valence-electron chi connectivity index (χ0n) is 6.57. The zero-order valence-corrected chi connectivity index (χ0v) is 6.57. The first-order valence-corrected chi connectivity index (χ1v) is 3.70. The van der Waals surface area contributed by atoms with Gasteiger partial charge in [0.25, 0.3) is 0 Å². The van der Waals surface area contributed by atoms with E-state index in [1.165, 1.54) is 0 Å². The summed E-state index contributed by atoms with van der Waals surface area (Å²) in [6, 6.07) is 9.32. The molecule has 0 aromatic heterocycles. The fourth-order valence-electron chi connectivity index (χ4n) is 0.954. The van der Waals surface area contributed by atoms with Crippen LogP contribution in [-0.4, -0.2) is 11.2 Å². The first-order chi connectivity index (χ1) is 5.22. The molecule has 1 aromatic rings. The van der Waals surface area contributed by atoms with Crippen LogP contribution < -0.4 is 5.73 Å². The molecule has 1 unspecified atom stereocenters. The van der Waals surface area contributed by atoms with Crippen molar-refractivity contribution in [3.05, 3.63) is 35.9 Å². The number of rotatable bonds is 2. The van der Waals surface area contributed by atoms with Crippen molar-refractivity contribution in [2.45, 2.75) is 19.1 Å². The van der Waals surface area contributed by atoms with Crippen molar-refractivity contribution in [2.75, 3.05) is 0 Å². The van der Waals surface area contributed by atoms with Crippen LogP contribution in [0.5, 0.6) is 0 Å². The molecule has 2 atom stereocenters. The van der Waals surface area contributed by atoms with Crippen LogP contribution in [0.1, 0.15) is 18.5 Å². The predicted octanol–water partition coefficient (Wildman–Crippen LogP) is 1.07. The van der Waals surface area contributed by atoms with Crippen molar-refractivity contribution in [2.24, 2.45) is 5.73 Å². The quantitative estimate of drug-likeness (QED) is 0.664. The van der Waals surface area contributed by atoms with Gasteiger partial charge >= 0.3 is 0 Å². The molecular weight excluding hydrogens is 138 g/mol. The summed E-state index contributed by atoms with van der Waals surface area (Å²) in [5.41, 5.74) is 6.66. The molecule has 2 nitrogen and oxygen atoms in total. The average molecular weight is 151 g/mol. The molecule has 0 bridgehead atoms. The summed E-state index contributed by atoms with van der Waals surface area (Å²) < 4.78 is 0. The monoisotopic (exact) mass is 151 g/mol. The summed E-state index contributed by atoms with van der Waals surface area (Å²) in [7, 11) is 0. The van der Waals surface area contributed by atoms with Crippen LogP contribution in [0.4, 0.5) is 0 Å². The third kappa shape index (κ3) is 2.03. The maximum Gasteiger partial charge on any atom is 0.0704 e. The van der Waals surface area contributed by atoms with Gasteiger partial charge in [0.1, 0.15) is 0 Å². The Morgan fingerprint density at radius 2 is 1.82 bits per heavy atom. The van der Waals surface area contributed by atoms with E-state index >= 15 is 0 Å². The molecule has 0 radical (unpaired) electrons. The lowest BCUT2D eigenvalue weighted by Gasteiger charge is -2.14. The molecule has 0 aliphatic rings. The fourth-order valence-corrected chi connectivity index (χ4v) is 0.954. The van der Waals surface area contributed by atoms with E-state index in [2.05, 4.69) is 0 Å².